The van der Waals surface area contributed by atoms with Crippen molar-refractivity contribution in [3.05, 3.63) is 0 Å². The van der Waals surface area contributed by atoms with Gasteiger partial charge in [-0.15, -0.1) is 0 Å². The largest absolute Gasteiger partial charge is 1.00 e. The van der Waals surface area contributed by atoms with Gasteiger partial charge in [0.25, 0.3) is 0 Å². The normalized spacial score (nSPS) is 11.8. The van der Waals surface area contributed by atoms with Crippen LogP contribution in [0.25, 0.3) is 0 Å². The molecule has 0 heterocycles. The van der Waals surface area contributed by atoms with Crippen LogP contribution in [0.2, 0.25) is 0 Å². The summed E-state index contributed by atoms with van der Waals surface area (Å²) in [5.74, 6) is -0.324. The third kappa shape index (κ3) is 13.2. The first-order valence-corrected chi connectivity index (χ1v) is 5.35. The monoisotopic (exact) mass is 200 g/mol. The van der Waals surface area contributed by atoms with Crippen molar-refractivity contribution in [3.63, 3.8) is 0 Å². The van der Waals surface area contributed by atoms with E-state index >= 15 is 0 Å². The Morgan fingerprint density at radius 3 is 2.33 bits per heavy atom. The summed E-state index contributed by atoms with van der Waals surface area (Å²) >= 11 is 0. The summed E-state index contributed by atoms with van der Waals surface area (Å²) in [6, 6.07) is 0. The van der Waals surface area contributed by atoms with E-state index in [1.54, 1.807) is 6.26 Å². The standard InChI is InChI=1S/C7H14O3S.Na/c1-11(10)6-4-2-3-5-7(8)9;/h2-6H2,1H3,(H,8,9);/q;+1/p-1. The fourth-order valence-electron chi connectivity index (χ4n) is 0.751. The Balaban J connectivity index is 0. The molecule has 0 fully saturated rings. The van der Waals surface area contributed by atoms with Crippen molar-refractivity contribution in [2.24, 2.45) is 0 Å². The average Bonchev–Trinajstić information content (AvgIpc) is 1.85. The van der Waals surface area contributed by atoms with E-state index in [2.05, 4.69) is 0 Å². The van der Waals surface area contributed by atoms with Crippen LogP contribution in [-0.4, -0.2) is 22.2 Å². The minimum atomic E-state index is -0.998. The third-order valence-corrected chi connectivity index (χ3v) is 2.18. The van der Waals surface area contributed by atoms with Crippen LogP contribution in [0, 0.1) is 0 Å². The van der Waals surface area contributed by atoms with E-state index in [4.69, 9.17) is 0 Å². The maximum absolute atomic E-state index is 10.5. The van der Waals surface area contributed by atoms with Crippen LogP contribution in [0.4, 0.5) is 0 Å². The van der Waals surface area contributed by atoms with E-state index in [1.165, 1.54) is 0 Å². The summed E-state index contributed by atoms with van der Waals surface area (Å²) in [6.07, 6.45) is 4.08. The van der Waals surface area contributed by atoms with Gasteiger partial charge in [-0.05, 0) is 19.3 Å². The molecule has 0 rings (SSSR count). The molecule has 0 aliphatic carbocycles. The molecule has 12 heavy (non-hydrogen) atoms. The van der Waals surface area contributed by atoms with E-state index < -0.39 is 16.8 Å². The number of hydrogen-bond donors (Lipinski definition) is 0. The Labute approximate surface area is 97.7 Å². The second-order valence-corrected chi connectivity index (χ2v) is 4.01. The van der Waals surface area contributed by atoms with Crippen molar-refractivity contribution < 1.29 is 43.7 Å². The molecule has 0 amide bonds. The predicted molar refractivity (Wildman–Crippen MR) is 42.4 cm³/mol. The Morgan fingerprint density at radius 1 is 1.33 bits per heavy atom. The number of aliphatic carboxylic acids is 1. The van der Waals surface area contributed by atoms with Gasteiger partial charge in [0.1, 0.15) is 0 Å². The molecule has 3 nitrogen and oxygen atoms in total. The van der Waals surface area contributed by atoms with Crippen molar-refractivity contribution in [3.8, 4) is 0 Å². The molecule has 66 valence electrons. The zero-order valence-corrected chi connectivity index (χ0v) is 10.5. The van der Waals surface area contributed by atoms with Crippen molar-refractivity contribution >= 4 is 16.8 Å². The van der Waals surface area contributed by atoms with Gasteiger partial charge in [0.05, 0.1) is 0 Å². The molecule has 0 aliphatic rings. The Kier molecular flexibility index (Phi) is 12.2. The van der Waals surface area contributed by atoms with Gasteiger partial charge in [0.15, 0.2) is 0 Å². The van der Waals surface area contributed by atoms with Crippen molar-refractivity contribution in [2.75, 3.05) is 12.0 Å². The summed E-state index contributed by atoms with van der Waals surface area (Å²) in [5, 5.41) is 9.93. The first-order valence-electron chi connectivity index (χ1n) is 3.63. The van der Waals surface area contributed by atoms with Crippen LogP contribution in [0.15, 0.2) is 0 Å². The summed E-state index contributed by atoms with van der Waals surface area (Å²) < 4.78 is 10.5. The first-order chi connectivity index (χ1) is 5.13. The van der Waals surface area contributed by atoms with Crippen molar-refractivity contribution in [2.45, 2.75) is 25.7 Å². The summed E-state index contributed by atoms with van der Waals surface area (Å²) in [7, 11) is -0.743. The Morgan fingerprint density at radius 2 is 1.92 bits per heavy atom. The molecular weight excluding hydrogens is 187 g/mol. The molecule has 0 spiro atoms. The molecule has 0 saturated heterocycles. The molecule has 0 aromatic rings. The predicted octanol–water partition coefficient (Wildman–Crippen LogP) is -3.32. The Hall–Kier alpha value is 0.620. The van der Waals surface area contributed by atoms with Crippen LogP contribution in [0.1, 0.15) is 25.7 Å². The van der Waals surface area contributed by atoms with Crippen molar-refractivity contribution in [1.82, 2.24) is 0 Å². The minimum Gasteiger partial charge on any atom is -0.550 e. The molecule has 5 heteroatoms. The number of carbonyl (C=O) groups is 1. The molecule has 0 aromatic heterocycles. The van der Waals surface area contributed by atoms with Gasteiger partial charge in [-0.25, -0.2) is 0 Å². The second kappa shape index (κ2) is 9.71. The Bertz CT molecular complexity index is 134. The fourth-order valence-corrected chi connectivity index (χ4v) is 1.36. The minimum absolute atomic E-state index is 0. The van der Waals surface area contributed by atoms with Gasteiger partial charge >= 0.3 is 29.6 Å². The topological polar surface area (TPSA) is 57.2 Å². The van der Waals surface area contributed by atoms with E-state index in [0.29, 0.717) is 12.2 Å². The smallest absolute Gasteiger partial charge is 0.550 e. The molecule has 0 saturated carbocycles. The number of carbonyl (C=O) groups excluding carboxylic acids is 1. The number of unbranched alkanes of at least 4 members (excludes halogenated alkanes) is 2. The number of rotatable bonds is 6. The maximum Gasteiger partial charge on any atom is 1.00 e. The van der Waals surface area contributed by atoms with Gasteiger partial charge in [0, 0.05) is 28.8 Å². The second-order valence-electron chi connectivity index (χ2n) is 2.46. The van der Waals surface area contributed by atoms with E-state index in [0.717, 1.165) is 12.8 Å². The summed E-state index contributed by atoms with van der Waals surface area (Å²) in [4.78, 5) is 9.93. The SMILES string of the molecule is CS(=O)CCCCCC(=O)[O-].[Na+]. The molecule has 0 aliphatic heterocycles. The molecular formula is C7H13NaO3S. The third-order valence-electron chi connectivity index (χ3n) is 1.31. The van der Waals surface area contributed by atoms with E-state index in [-0.39, 0.29) is 36.0 Å². The van der Waals surface area contributed by atoms with Crippen molar-refractivity contribution in [1.29, 1.82) is 0 Å². The van der Waals surface area contributed by atoms with Gasteiger partial charge in [-0.3, -0.25) is 4.21 Å². The summed E-state index contributed by atoms with van der Waals surface area (Å²) in [5.41, 5.74) is 0. The van der Waals surface area contributed by atoms with Crippen LogP contribution >= 0.6 is 0 Å². The van der Waals surface area contributed by atoms with Gasteiger partial charge in [-0.1, -0.05) is 6.42 Å². The van der Waals surface area contributed by atoms with E-state index in [1.807, 2.05) is 0 Å². The number of hydrogen-bond acceptors (Lipinski definition) is 3. The zero-order chi connectivity index (χ0) is 8.69. The van der Waals surface area contributed by atoms with Gasteiger partial charge in [0.2, 0.25) is 0 Å². The zero-order valence-electron chi connectivity index (χ0n) is 7.67. The number of carboxylic acids is 1. The van der Waals surface area contributed by atoms with Crippen LogP contribution in [0.5, 0.6) is 0 Å². The molecule has 1 unspecified atom stereocenters. The number of carboxylic acid groups (broad SMARTS) is 1. The molecule has 0 radical (unpaired) electrons. The molecule has 0 N–H and O–H groups in total. The van der Waals surface area contributed by atoms with E-state index in [9.17, 15) is 14.1 Å². The quantitative estimate of drug-likeness (QED) is 0.333. The molecule has 0 bridgehead atoms. The summed E-state index contributed by atoms with van der Waals surface area (Å²) in [6.45, 7) is 0. The van der Waals surface area contributed by atoms with Gasteiger partial charge < -0.3 is 9.90 Å². The molecule has 1 atom stereocenters. The fraction of sp³-hybridized carbons (Fsp3) is 0.857. The maximum atomic E-state index is 10.5. The van der Waals surface area contributed by atoms with Crippen LogP contribution in [-0.2, 0) is 15.6 Å². The van der Waals surface area contributed by atoms with Crippen LogP contribution in [0.3, 0.4) is 0 Å². The van der Waals surface area contributed by atoms with Gasteiger partial charge in [-0.2, -0.15) is 0 Å². The van der Waals surface area contributed by atoms with Crippen LogP contribution < -0.4 is 34.7 Å². The first kappa shape index (κ1) is 15.1. The average molecular weight is 200 g/mol. The molecule has 0 aromatic carbocycles.